The fraction of sp³-hybridized carbons (Fsp3) is 1.00. The molecule has 0 radical (unpaired) electrons. The first-order valence-corrected chi connectivity index (χ1v) is 4.39. The lowest BCUT2D eigenvalue weighted by molar-refractivity contribution is -0.00359. The van der Waals surface area contributed by atoms with Crippen molar-refractivity contribution in [2.45, 2.75) is 29.9 Å². The van der Waals surface area contributed by atoms with Crippen LogP contribution in [-0.4, -0.2) is 30.3 Å². The molecule has 0 N–H and O–H groups in total. The lowest BCUT2D eigenvalue weighted by atomic mass is 10.0. The van der Waals surface area contributed by atoms with Crippen molar-refractivity contribution in [2.75, 3.05) is 13.7 Å². The molecule has 0 spiro atoms. The van der Waals surface area contributed by atoms with Crippen molar-refractivity contribution in [2.24, 2.45) is 0 Å². The predicted molar refractivity (Wildman–Crippen MR) is 45.3 cm³/mol. The first-order valence-electron chi connectivity index (χ1n) is 3.52. The highest BCUT2D eigenvalue weighted by Gasteiger charge is 2.38. The monoisotopic (exact) mass is 198 g/mol. The van der Waals surface area contributed by atoms with Crippen molar-refractivity contribution in [3.63, 3.8) is 0 Å². The number of alkyl halides is 2. The van der Waals surface area contributed by atoms with Gasteiger partial charge >= 0.3 is 0 Å². The van der Waals surface area contributed by atoms with Gasteiger partial charge in [-0.1, -0.05) is 0 Å². The highest BCUT2D eigenvalue weighted by molar-refractivity contribution is 6.44. The quantitative estimate of drug-likeness (QED) is 0.633. The van der Waals surface area contributed by atoms with Crippen LogP contribution in [0.3, 0.4) is 0 Å². The maximum Gasteiger partial charge on any atom is 0.133 e. The minimum atomic E-state index is -0.452. The molecule has 0 unspecified atom stereocenters. The van der Waals surface area contributed by atoms with Gasteiger partial charge in [0, 0.05) is 13.5 Å². The van der Waals surface area contributed by atoms with Crippen LogP contribution in [-0.2, 0) is 9.47 Å². The van der Waals surface area contributed by atoms with Gasteiger partial charge in [0.05, 0.1) is 18.3 Å². The normalized spacial score (nSPS) is 38.5. The van der Waals surface area contributed by atoms with Crippen LogP contribution in [0, 0.1) is 0 Å². The van der Waals surface area contributed by atoms with Gasteiger partial charge in [-0.3, -0.25) is 0 Å². The SMILES string of the molecule is CO[C@]1(C)CO[C@H](C(Cl)Cl)C1. The molecular weight excluding hydrogens is 187 g/mol. The molecule has 1 saturated heterocycles. The average molecular weight is 199 g/mol. The summed E-state index contributed by atoms with van der Waals surface area (Å²) < 4.78 is 10.6. The molecule has 1 heterocycles. The Morgan fingerprint density at radius 1 is 1.64 bits per heavy atom. The van der Waals surface area contributed by atoms with E-state index in [1.54, 1.807) is 7.11 Å². The second-order valence-corrected chi connectivity index (χ2v) is 4.21. The molecule has 66 valence electrons. The molecule has 0 aromatic heterocycles. The van der Waals surface area contributed by atoms with Gasteiger partial charge in [0.2, 0.25) is 0 Å². The standard InChI is InChI=1S/C7H12Cl2O2/c1-7(10-2)3-5(6(8)9)11-4-7/h5-6H,3-4H2,1-2H3/t5-,7-/m0/s1. The Hall–Kier alpha value is 0.500. The van der Waals surface area contributed by atoms with Crippen LogP contribution in [0.4, 0.5) is 0 Å². The lowest BCUT2D eigenvalue weighted by Gasteiger charge is -2.19. The molecule has 0 amide bonds. The van der Waals surface area contributed by atoms with Crippen LogP contribution >= 0.6 is 23.2 Å². The van der Waals surface area contributed by atoms with Gasteiger partial charge in [0.1, 0.15) is 4.84 Å². The van der Waals surface area contributed by atoms with E-state index in [-0.39, 0.29) is 11.7 Å². The van der Waals surface area contributed by atoms with Crippen LogP contribution in [0.2, 0.25) is 0 Å². The van der Waals surface area contributed by atoms with Gasteiger partial charge in [-0.15, -0.1) is 23.2 Å². The summed E-state index contributed by atoms with van der Waals surface area (Å²) in [5.74, 6) is 0. The summed E-state index contributed by atoms with van der Waals surface area (Å²) in [6, 6.07) is 0. The van der Waals surface area contributed by atoms with Crippen LogP contribution < -0.4 is 0 Å². The molecule has 2 nitrogen and oxygen atoms in total. The zero-order chi connectivity index (χ0) is 8.48. The van der Waals surface area contributed by atoms with Gasteiger partial charge in [0.25, 0.3) is 0 Å². The van der Waals surface area contributed by atoms with Gasteiger partial charge in [-0.05, 0) is 6.92 Å². The average Bonchev–Trinajstić information content (AvgIpc) is 2.33. The Balaban J connectivity index is 2.46. The second-order valence-electron chi connectivity index (χ2n) is 3.04. The van der Waals surface area contributed by atoms with Crippen molar-refractivity contribution < 1.29 is 9.47 Å². The van der Waals surface area contributed by atoms with Crippen LogP contribution in [0.25, 0.3) is 0 Å². The van der Waals surface area contributed by atoms with E-state index in [1.165, 1.54) is 0 Å². The Morgan fingerprint density at radius 3 is 2.55 bits per heavy atom. The summed E-state index contributed by atoms with van der Waals surface area (Å²) >= 11 is 11.3. The minimum absolute atomic E-state index is 0.0803. The fourth-order valence-electron chi connectivity index (χ4n) is 1.13. The summed E-state index contributed by atoms with van der Waals surface area (Å²) in [6.45, 7) is 2.56. The third-order valence-corrected chi connectivity index (χ3v) is 2.57. The summed E-state index contributed by atoms with van der Waals surface area (Å²) in [6.07, 6.45) is 0.685. The molecule has 0 aromatic carbocycles. The number of methoxy groups -OCH3 is 1. The van der Waals surface area contributed by atoms with Gasteiger partial charge in [-0.2, -0.15) is 0 Å². The van der Waals surface area contributed by atoms with Crippen LogP contribution in [0.5, 0.6) is 0 Å². The van der Waals surface area contributed by atoms with E-state index in [0.29, 0.717) is 6.61 Å². The zero-order valence-electron chi connectivity index (χ0n) is 6.64. The molecule has 1 aliphatic rings. The van der Waals surface area contributed by atoms with Gasteiger partial charge < -0.3 is 9.47 Å². The molecule has 2 atom stereocenters. The molecule has 0 aromatic rings. The van der Waals surface area contributed by atoms with E-state index in [0.717, 1.165) is 6.42 Å². The lowest BCUT2D eigenvalue weighted by Crippen LogP contribution is -2.28. The topological polar surface area (TPSA) is 18.5 Å². The van der Waals surface area contributed by atoms with Crippen molar-refractivity contribution in [1.82, 2.24) is 0 Å². The maximum atomic E-state index is 5.65. The summed E-state index contributed by atoms with van der Waals surface area (Å²) in [5, 5.41) is 0. The second kappa shape index (κ2) is 3.48. The largest absolute Gasteiger partial charge is 0.376 e. The smallest absolute Gasteiger partial charge is 0.133 e. The molecule has 0 bridgehead atoms. The van der Waals surface area contributed by atoms with Crippen molar-refractivity contribution in [3.05, 3.63) is 0 Å². The predicted octanol–water partition coefficient (Wildman–Crippen LogP) is 1.98. The molecule has 1 fully saturated rings. The van der Waals surface area contributed by atoms with E-state index in [2.05, 4.69) is 0 Å². The molecule has 1 aliphatic heterocycles. The molecular formula is C7H12Cl2O2. The number of rotatable bonds is 2. The minimum Gasteiger partial charge on any atom is -0.376 e. The third kappa shape index (κ3) is 2.22. The van der Waals surface area contributed by atoms with Crippen LogP contribution in [0.1, 0.15) is 13.3 Å². The summed E-state index contributed by atoms with van der Waals surface area (Å²) in [7, 11) is 1.67. The molecule has 4 heteroatoms. The van der Waals surface area contributed by atoms with Gasteiger partial charge in [0.15, 0.2) is 0 Å². The van der Waals surface area contributed by atoms with E-state index >= 15 is 0 Å². The van der Waals surface area contributed by atoms with Gasteiger partial charge in [-0.25, -0.2) is 0 Å². The molecule has 0 aliphatic carbocycles. The van der Waals surface area contributed by atoms with Crippen molar-refractivity contribution >= 4 is 23.2 Å². The van der Waals surface area contributed by atoms with Crippen molar-refractivity contribution in [1.29, 1.82) is 0 Å². The van der Waals surface area contributed by atoms with Crippen molar-refractivity contribution in [3.8, 4) is 0 Å². The Labute approximate surface area is 76.8 Å². The zero-order valence-corrected chi connectivity index (χ0v) is 8.15. The first-order chi connectivity index (χ1) is 5.07. The van der Waals surface area contributed by atoms with Crippen LogP contribution in [0.15, 0.2) is 0 Å². The van der Waals surface area contributed by atoms with E-state index in [9.17, 15) is 0 Å². The maximum absolute atomic E-state index is 5.65. The first kappa shape index (κ1) is 9.59. The number of ether oxygens (including phenoxy) is 2. The highest BCUT2D eigenvalue weighted by Crippen LogP contribution is 2.31. The van der Waals surface area contributed by atoms with E-state index < -0.39 is 4.84 Å². The summed E-state index contributed by atoms with van der Waals surface area (Å²) in [5.41, 5.74) is -0.202. The Kier molecular flexibility index (Phi) is 3.03. The number of hydrogen-bond acceptors (Lipinski definition) is 2. The Morgan fingerprint density at radius 2 is 2.27 bits per heavy atom. The summed E-state index contributed by atoms with van der Waals surface area (Å²) in [4.78, 5) is -0.452. The van der Waals surface area contributed by atoms with E-state index in [4.69, 9.17) is 32.7 Å². The molecule has 0 saturated carbocycles. The number of halogens is 2. The molecule has 1 rings (SSSR count). The highest BCUT2D eigenvalue weighted by atomic mass is 35.5. The third-order valence-electron chi connectivity index (χ3n) is 2.01. The fourth-order valence-corrected chi connectivity index (χ4v) is 1.45. The van der Waals surface area contributed by atoms with E-state index in [1.807, 2.05) is 6.92 Å². The molecule has 11 heavy (non-hydrogen) atoms. The number of hydrogen-bond donors (Lipinski definition) is 0. The Bertz CT molecular complexity index is 140.